The van der Waals surface area contributed by atoms with Gasteiger partial charge in [-0.3, -0.25) is 14.9 Å². The molecule has 1 amide bonds. The normalized spacial score (nSPS) is 10.5. The second-order valence-corrected chi connectivity index (χ2v) is 7.60. The third-order valence-corrected chi connectivity index (χ3v) is 5.49. The van der Waals surface area contributed by atoms with E-state index >= 15 is 0 Å². The van der Waals surface area contributed by atoms with Gasteiger partial charge < -0.3 is 10.1 Å². The first-order valence-electron chi connectivity index (χ1n) is 8.92. The van der Waals surface area contributed by atoms with Crippen molar-refractivity contribution in [1.82, 2.24) is 0 Å². The molecule has 0 aliphatic carbocycles. The summed E-state index contributed by atoms with van der Waals surface area (Å²) in [5, 5.41) is 15.8. The van der Waals surface area contributed by atoms with Gasteiger partial charge in [-0.15, -0.1) is 11.3 Å². The molecule has 0 saturated heterocycles. The molecule has 3 rings (SSSR count). The third kappa shape index (κ3) is 4.50. The number of aryl methyl sites for hydroxylation is 1. The van der Waals surface area contributed by atoms with E-state index in [4.69, 9.17) is 16.3 Å². The van der Waals surface area contributed by atoms with Crippen molar-refractivity contribution in [2.75, 3.05) is 11.9 Å². The number of benzene rings is 2. The quantitative estimate of drug-likeness (QED) is 0.298. The fraction of sp³-hybridized carbons (Fsp3) is 0.143. The third-order valence-electron chi connectivity index (χ3n) is 4.27. The zero-order valence-electron chi connectivity index (χ0n) is 16.1. The molecule has 0 fully saturated rings. The molecule has 7 nitrogen and oxygen atoms in total. The highest BCUT2D eigenvalue weighted by atomic mass is 35.5. The Kier molecular flexibility index (Phi) is 6.49. The van der Waals surface area contributed by atoms with Crippen LogP contribution in [0.4, 0.5) is 10.7 Å². The molecule has 154 valence electrons. The van der Waals surface area contributed by atoms with E-state index in [0.29, 0.717) is 5.56 Å². The highest BCUT2D eigenvalue weighted by Gasteiger charge is 2.24. The van der Waals surface area contributed by atoms with E-state index in [2.05, 4.69) is 5.32 Å². The first-order chi connectivity index (χ1) is 14.3. The number of halogens is 1. The topological polar surface area (TPSA) is 98.5 Å². The molecule has 30 heavy (non-hydrogen) atoms. The fourth-order valence-corrected chi connectivity index (χ4v) is 3.93. The van der Waals surface area contributed by atoms with Crippen LogP contribution < -0.4 is 5.32 Å². The molecule has 0 radical (unpaired) electrons. The number of rotatable bonds is 6. The number of non-ortho nitro benzene ring substituents is 1. The van der Waals surface area contributed by atoms with E-state index < -0.39 is 16.8 Å². The van der Waals surface area contributed by atoms with Gasteiger partial charge in [0.05, 0.1) is 22.1 Å². The van der Waals surface area contributed by atoms with Crippen molar-refractivity contribution >= 4 is 45.5 Å². The Morgan fingerprint density at radius 3 is 2.53 bits per heavy atom. The molecule has 1 heterocycles. The van der Waals surface area contributed by atoms with Crippen LogP contribution in [0.5, 0.6) is 0 Å². The first kappa shape index (κ1) is 21.5. The molecule has 0 aliphatic rings. The summed E-state index contributed by atoms with van der Waals surface area (Å²) in [4.78, 5) is 35.8. The van der Waals surface area contributed by atoms with Gasteiger partial charge in [0.15, 0.2) is 0 Å². The van der Waals surface area contributed by atoms with Crippen molar-refractivity contribution in [1.29, 1.82) is 0 Å². The average molecular weight is 445 g/mol. The van der Waals surface area contributed by atoms with Crippen LogP contribution in [-0.2, 0) is 4.74 Å². The van der Waals surface area contributed by atoms with Crippen molar-refractivity contribution in [2.24, 2.45) is 0 Å². The Labute approximate surface area is 181 Å². The molecule has 0 bridgehead atoms. The number of nitrogens with zero attached hydrogens (tertiary/aromatic N) is 1. The molecule has 0 atom stereocenters. The van der Waals surface area contributed by atoms with Gasteiger partial charge >= 0.3 is 5.97 Å². The van der Waals surface area contributed by atoms with Crippen molar-refractivity contribution in [2.45, 2.75) is 13.8 Å². The van der Waals surface area contributed by atoms with Gasteiger partial charge in [0.1, 0.15) is 10.6 Å². The van der Waals surface area contributed by atoms with Crippen LogP contribution >= 0.6 is 22.9 Å². The minimum absolute atomic E-state index is 0.0612. The summed E-state index contributed by atoms with van der Waals surface area (Å²) in [7, 11) is 0. The number of anilines is 1. The van der Waals surface area contributed by atoms with Crippen LogP contribution in [0.3, 0.4) is 0 Å². The summed E-state index contributed by atoms with van der Waals surface area (Å²) < 4.78 is 5.18. The lowest BCUT2D eigenvalue weighted by molar-refractivity contribution is -0.384. The number of thiophene rings is 1. The highest BCUT2D eigenvalue weighted by Crippen LogP contribution is 2.37. The minimum atomic E-state index is -0.661. The highest BCUT2D eigenvalue weighted by molar-refractivity contribution is 7.15. The molecular formula is C21H17ClN2O5S. The molecule has 1 aromatic heterocycles. The van der Waals surface area contributed by atoms with Crippen LogP contribution in [0.15, 0.2) is 47.8 Å². The number of hydrogen-bond acceptors (Lipinski definition) is 6. The van der Waals surface area contributed by atoms with Crippen molar-refractivity contribution < 1.29 is 19.2 Å². The number of nitrogens with one attached hydrogen (secondary N) is 1. The summed E-state index contributed by atoms with van der Waals surface area (Å²) in [6, 6.07) is 11.2. The Hall–Kier alpha value is -3.23. The van der Waals surface area contributed by atoms with Crippen molar-refractivity contribution in [3.05, 3.63) is 79.7 Å². The van der Waals surface area contributed by atoms with Gasteiger partial charge in [0.2, 0.25) is 0 Å². The van der Waals surface area contributed by atoms with Crippen molar-refractivity contribution in [3.63, 3.8) is 0 Å². The summed E-state index contributed by atoms with van der Waals surface area (Å²) >= 11 is 7.22. The average Bonchev–Trinajstić information content (AvgIpc) is 3.12. The second-order valence-electron chi connectivity index (χ2n) is 6.32. The number of ether oxygens (including phenoxy) is 1. The van der Waals surface area contributed by atoms with Gasteiger partial charge in [0.25, 0.3) is 11.6 Å². The maximum atomic E-state index is 12.8. The predicted octanol–water partition coefficient (Wildman–Crippen LogP) is 5.71. The Morgan fingerprint density at radius 2 is 1.90 bits per heavy atom. The van der Waals surface area contributed by atoms with Crippen LogP contribution in [0.25, 0.3) is 11.1 Å². The van der Waals surface area contributed by atoms with E-state index in [-0.39, 0.29) is 33.4 Å². The van der Waals surface area contributed by atoms with Crippen LogP contribution in [0, 0.1) is 17.0 Å². The van der Waals surface area contributed by atoms with E-state index in [1.807, 2.05) is 31.2 Å². The molecule has 2 aromatic carbocycles. The Morgan fingerprint density at radius 1 is 1.20 bits per heavy atom. The van der Waals surface area contributed by atoms with Gasteiger partial charge in [-0.2, -0.15) is 0 Å². The molecule has 0 unspecified atom stereocenters. The minimum Gasteiger partial charge on any atom is -0.462 e. The van der Waals surface area contributed by atoms with Gasteiger partial charge in [-0.05, 0) is 25.5 Å². The molecule has 0 saturated carbocycles. The lowest BCUT2D eigenvalue weighted by Crippen LogP contribution is -2.15. The molecular weight excluding hydrogens is 428 g/mol. The summed E-state index contributed by atoms with van der Waals surface area (Å²) in [6.07, 6.45) is 0. The van der Waals surface area contributed by atoms with E-state index in [1.165, 1.54) is 12.1 Å². The smallest absolute Gasteiger partial charge is 0.341 e. The van der Waals surface area contributed by atoms with Gasteiger partial charge in [-0.1, -0.05) is 41.4 Å². The summed E-state index contributed by atoms with van der Waals surface area (Å²) in [6.45, 7) is 3.82. The second kappa shape index (κ2) is 9.06. The number of nitro benzene ring substituents is 1. The molecule has 0 spiro atoms. The monoisotopic (exact) mass is 444 g/mol. The number of carbonyl (C=O) groups excluding carboxylic acids is 2. The molecule has 1 N–H and O–H groups in total. The maximum Gasteiger partial charge on any atom is 0.341 e. The van der Waals surface area contributed by atoms with Gasteiger partial charge in [-0.25, -0.2) is 4.79 Å². The summed E-state index contributed by atoms with van der Waals surface area (Å²) in [5.74, 6) is -1.23. The number of carbonyl (C=O) groups is 2. The first-order valence-corrected chi connectivity index (χ1v) is 10.2. The van der Waals surface area contributed by atoms with Gasteiger partial charge in [0, 0.05) is 23.1 Å². The number of amides is 1. The van der Waals surface area contributed by atoms with E-state index in [1.54, 1.807) is 12.3 Å². The van der Waals surface area contributed by atoms with Crippen LogP contribution in [0.1, 0.15) is 33.2 Å². The SMILES string of the molecule is CCOC(=O)c1c(-c2ccc(C)cc2)csc1NC(=O)c1cc([N+](=O)[O-])ccc1Cl. The molecule has 0 aliphatic heterocycles. The Bertz CT molecular complexity index is 1120. The Balaban J connectivity index is 2.01. The van der Waals surface area contributed by atoms with E-state index in [9.17, 15) is 19.7 Å². The standard InChI is InChI=1S/C21H17ClN2O5S/c1-3-29-21(26)18-16(13-6-4-12(2)5-7-13)11-30-20(18)23-19(25)15-10-14(24(27)28)8-9-17(15)22/h4-11H,3H2,1-2H3,(H,23,25). The fourth-order valence-electron chi connectivity index (χ4n) is 2.77. The van der Waals surface area contributed by atoms with Crippen LogP contribution in [-0.4, -0.2) is 23.4 Å². The number of nitro groups is 1. The molecule has 9 heteroatoms. The lowest BCUT2D eigenvalue weighted by Gasteiger charge is -2.10. The number of hydrogen-bond donors (Lipinski definition) is 1. The van der Waals surface area contributed by atoms with Crippen LogP contribution in [0.2, 0.25) is 5.02 Å². The largest absolute Gasteiger partial charge is 0.462 e. The molecule has 3 aromatic rings. The van der Waals surface area contributed by atoms with E-state index in [0.717, 1.165) is 28.5 Å². The zero-order chi connectivity index (χ0) is 21.8. The zero-order valence-corrected chi connectivity index (χ0v) is 17.7. The maximum absolute atomic E-state index is 12.8. The predicted molar refractivity (Wildman–Crippen MR) is 117 cm³/mol. The summed E-state index contributed by atoms with van der Waals surface area (Å²) in [5.41, 5.74) is 2.39. The number of esters is 1. The van der Waals surface area contributed by atoms with Crippen molar-refractivity contribution in [3.8, 4) is 11.1 Å². The lowest BCUT2D eigenvalue weighted by atomic mass is 10.0.